The SMILES string of the molecule is CCN=C(N)SC1C[C@@H](O)[C@H](O)[C@@H](CNC2CCCC2)O1. The predicted molar refractivity (Wildman–Crippen MR) is 85.3 cm³/mol. The van der Waals surface area contributed by atoms with Crippen LogP contribution in [0.5, 0.6) is 0 Å². The van der Waals surface area contributed by atoms with Crippen LogP contribution in [0.15, 0.2) is 4.99 Å². The Kier molecular flexibility index (Phi) is 6.75. The van der Waals surface area contributed by atoms with Crippen molar-refractivity contribution in [2.75, 3.05) is 13.1 Å². The molecular weight excluding hydrogens is 290 g/mol. The molecule has 0 bridgehead atoms. The summed E-state index contributed by atoms with van der Waals surface area (Å²) < 4.78 is 5.88. The maximum Gasteiger partial charge on any atom is 0.156 e. The van der Waals surface area contributed by atoms with E-state index in [2.05, 4.69) is 10.3 Å². The zero-order chi connectivity index (χ0) is 15.2. The molecule has 4 atom stereocenters. The van der Waals surface area contributed by atoms with Crippen molar-refractivity contribution in [1.82, 2.24) is 5.32 Å². The highest BCUT2D eigenvalue weighted by Gasteiger charge is 2.37. The van der Waals surface area contributed by atoms with Gasteiger partial charge in [0.15, 0.2) is 5.17 Å². The summed E-state index contributed by atoms with van der Waals surface area (Å²) in [5, 5.41) is 24.0. The summed E-state index contributed by atoms with van der Waals surface area (Å²) >= 11 is 1.32. The van der Waals surface area contributed by atoms with Gasteiger partial charge in [-0.05, 0) is 19.8 Å². The number of ether oxygens (including phenoxy) is 1. The molecule has 5 N–H and O–H groups in total. The molecule has 0 amide bonds. The number of aliphatic imine (C=N–C) groups is 1. The molecular formula is C14H27N3O3S. The number of thioether (sulfide) groups is 1. The summed E-state index contributed by atoms with van der Waals surface area (Å²) in [6, 6.07) is 0.512. The smallest absolute Gasteiger partial charge is 0.156 e. The van der Waals surface area contributed by atoms with Crippen molar-refractivity contribution < 1.29 is 14.9 Å². The first-order chi connectivity index (χ1) is 10.1. The molecule has 6 nitrogen and oxygen atoms in total. The Labute approximate surface area is 130 Å². The summed E-state index contributed by atoms with van der Waals surface area (Å²) in [7, 11) is 0. The van der Waals surface area contributed by atoms with E-state index in [1.165, 1.54) is 37.4 Å². The lowest BCUT2D eigenvalue weighted by atomic mass is 10.0. The van der Waals surface area contributed by atoms with Crippen molar-refractivity contribution in [1.29, 1.82) is 0 Å². The highest BCUT2D eigenvalue weighted by atomic mass is 32.2. The van der Waals surface area contributed by atoms with E-state index in [9.17, 15) is 10.2 Å². The van der Waals surface area contributed by atoms with E-state index in [1.807, 2.05) is 6.92 Å². The van der Waals surface area contributed by atoms with E-state index in [0.717, 1.165) is 0 Å². The molecule has 2 fully saturated rings. The Bertz CT molecular complexity index is 350. The Morgan fingerprint density at radius 2 is 2.10 bits per heavy atom. The molecule has 1 aliphatic carbocycles. The van der Waals surface area contributed by atoms with Crippen LogP contribution >= 0.6 is 11.8 Å². The van der Waals surface area contributed by atoms with Crippen LogP contribution in [0.3, 0.4) is 0 Å². The minimum absolute atomic E-state index is 0.255. The van der Waals surface area contributed by atoms with Crippen molar-refractivity contribution in [2.45, 2.75) is 68.8 Å². The summed E-state index contributed by atoms with van der Waals surface area (Å²) in [6.45, 7) is 3.11. The predicted octanol–water partition coefficient (Wildman–Crippen LogP) is 0.423. The van der Waals surface area contributed by atoms with Crippen LogP contribution in [-0.2, 0) is 4.74 Å². The van der Waals surface area contributed by atoms with Crippen molar-refractivity contribution in [2.24, 2.45) is 10.7 Å². The Hall–Kier alpha value is -0.340. The van der Waals surface area contributed by atoms with E-state index >= 15 is 0 Å². The fourth-order valence-corrected chi connectivity index (χ4v) is 3.87. The highest BCUT2D eigenvalue weighted by Crippen LogP contribution is 2.28. The van der Waals surface area contributed by atoms with Crippen LogP contribution in [-0.4, -0.2) is 58.3 Å². The molecule has 122 valence electrons. The summed E-state index contributed by atoms with van der Waals surface area (Å²) in [5.41, 5.74) is 5.53. The lowest BCUT2D eigenvalue weighted by Crippen LogP contribution is -2.52. The third-order valence-electron chi connectivity index (χ3n) is 4.06. The molecule has 0 aromatic carbocycles. The van der Waals surface area contributed by atoms with E-state index in [1.54, 1.807) is 0 Å². The number of nitrogens with one attached hydrogen (secondary N) is 1. The molecule has 0 aromatic rings. The first kappa shape index (κ1) is 17.0. The summed E-state index contributed by atoms with van der Waals surface area (Å²) in [5.74, 6) is 0. The van der Waals surface area contributed by atoms with Crippen molar-refractivity contribution in [3.8, 4) is 0 Å². The molecule has 21 heavy (non-hydrogen) atoms. The van der Waals surface area contributed by atoms with Gasteiger partial charge < -0.3 is 26.0 Å². The minimum Gasteiger partial charge on any atom is -0.390 e. The van der Waals surface area contributed by atoms with E-state index in [-0.39, 0.29) is 5.44 Å². The quantitative estimate of drug-likeness (QED) is 0.433. The van der Waals surface area contributed by atoms with E-state index < -0.39 is 18.3 Å². The lowest BCUT2D eigenvalue weighted by Gasteiger charge is -2.37. The second-order valence-electron chi connectivity index (χ2n) is 5.72. The fraction of sp³-hybridized carbons (Fsp3) is 0.929. The molecule has 2 rings (SSSR count). The molecule has 0 aromatic heterocycles. The van der Waals surface area contributed by atoms with Gasteiger partial charge in [0.1, 0.15) is 11.5 Å². The molecule has 1 aliphatic heterocycles. The number of hydrogen-bond acceptors (Lipinski definition) is 6. The fourth-order valence-electron chi connectivity index (χ4n) is 2.90. The van der Waals surface area contributed by atoms with Gasteiger partial charge in [-0.1, -0.05) is 24.6 Å². The zero-order valence-corrected chi connectivity index (χ0v) is 13.4. The average molecular weight is 317 g/mol. The van der Waals surface area contributed by atoms with Gasteiger partial charge in [0.25, 0.3) is 0 Å². The van der Waals surface area contributed by atoms with Crippen LogP contribution in [0.2, 0.25) is 0 Å². The largest absolute Gasteiger partial charge is 0.390 e. The van der Waals surface area contributed by atoms with E-state index in [0.29, 0.717) is 30.7 Å². The maximum absolute atomic E-state index is 10.1. The first-order valence-electron chi connectivity index (χ1n) is 7.81. The molecule has 1 saturated heterocycles. The van der Waals surface area contributed by atoms with Gasteiger partial charge in [-0.15, -0.1) is 0 Å². The summed E-state index contributed by atoms with van der Waals surface area (Å²) in [4.78, 5) is 4.11. The highest BCUT2D eigenvalue weighted by molar-refractivity contribution is 8.14. The molecule has 1 heterocycles. The van der Waals surface area contributed by atoms with Gasteiger partial charge >= 0.3 is 0 Å². The normalized spacial score (nSPS) is 35.3. The molecule has 0 spiro atoms. The third-order valence-corrected chi connectivity index (χ3v) is 5.00. The Balaban J connectivity index is 1.84. The molecule has 0 radical (unpaired) electrons. The van der Waals surface area contributed by atoms with Gasteiger partial charge in [-0.2, -0.15) is 0 Å². The second kappa shape index (κ2) is 8.33. The lowest BCUT2D eigenvalue weighted by molar-refractivity contribution is -0.143. The van der Waals surface area contributed by atoms with Crippen molar-refractivity contribution in [3.63, 3.8) is 0 Å². The van der Waals surface area contributed by atoms with Gasteiger partial charge in [0, 0.05) is 25.6 Å². The Morgan fingerprint density at radius 1 is 1.38 bits per heavy atom. The average Bonchev–Trinajstić information content (AvgIpc) is 2.94. The third kappa shape index (κ3) is 5.10. The second-order valence-corrected chi connectivity index (χ2v) is 6.90. The first-order valence-corrected chi connectivity index (χ1v) is 8.69. The number of hydrogen-bond donors (Lipinski definition) is 4. The molecule has 1 unspecified atom stereocenters. The van der Waals surface area contributed by atoms with Crippen LogP contribution in [0, 0.1) is 0 Å². The van der Waals surface area contributed by atoms with Crippen LogP contribution in [0.4, 0.5) is 0 Å². The van der Waals surface area contributed by atoms with Gasteiger partial charge in [0.2, 0.25) is 0 Å². The van der Waals surface area contributed by atoms with Gasteiger partial charge in [-0.3, -0.25) is 4.99 Å². The molecule has 1 saturated carbocycles. The van der Waals surface area contributed by atoms with E-state index in [4.69, 9.17) is 10.5 Å². The standard InChI is InChI=1S/C14H27N3O3S/c1-2-16-14(15)21-12-7-10(18)13(19)11(20-12)8-17-9-5-3-4-6-9/h9-13,17-19H,2-8H2,1H3,(H2,15,16)/t10-,11-,12?,13+/m1/s1. The van der Waals surface area contributed by atoms with Crippen molar-refractivity contribution in [3.05, 3.63) is 0 Å². The monoisotopic (exact) mass is 317 g/mol. The van der Waals surface area contributed by atoms with Gasteiger partial charge in [-0.25, -0.2) is 0 Å². The van der Waals surface area contributed by atoms with Crippen LogP contribution in [0.25, 0.3) is 0 Å². The number of rotatable bonds is 5. The Morgan fingerprint density at radius 3 is 2.76 bits per heavy atom. The minimum atomic E-state index is -0.847. The van der Waals surface area contributed by atoms with Gasteiger partial charge in [0.05, 0.1) is 12.2 Å². The summed E-state index contributed by atoms with van der Waals surface area (Å²) in [6.07, 6.45) is 3.22. The topological polar surface area (TPSA) is 100 Å². The number of nitrogens with zero attached hydrogens (tertiary/aromatic N) is 1. The van der Waals surface area contributed by atoms with Crippen molar-refractivity contribution >= 4 is 16.9 Å². The number of amidine groups is 1. The number of aliphatic hydroxyl groups is 2. The molecule has 2 aliphatic rings. The van der Waals surface area contributed by atoms with Crippen LogP contribution < -0.4 is 11.1 Å². The maximum atomic E-state index is 10.1. The molecule has 7 heteroatoms. The zero-order valence-electron chi connectivity index (χ0n) is 12.6. The number of aliphatic hydroxyl groups excluding tert-OH is 2. The number of nitrogens with two attached hydrogens (primary N) is 1. The van der Waals surface area contributed by atoms with Crippen LogP contribution in [0.1, 0.15) is 39.0 Å².